The molecule has 1 amide bonds. The Morgan fingerprint density at radius 1 is 1.18 bits per heavy atom. The van der Waals surface area contributed by atoms with Crippen LogP contribution in [0.4, 0.5) is 17.6 Å². The maximum atomic E-state index is 14.5. The first-order valence-corrected chi connectivity index (χ1v) is 9.49. The van der Waals surface area contributed by atoms with Gasteiger partial charge in [-0.25, -0.2) is 13.8 Å². The molecule has 33 heavy (non-hydrogen) atoms. The van der Waals surface area contributed by atoms with Gasteiger partial charge in [0.25, 0.3) is 11.5 Å². The molecule has 0 aliphatic rings. The summed E-state index contributed by atoms with van der Waals surface area (Å²) in [5, 5.41) is -0.321. The van der Waals surface area contributed by atoms with Gasteiger partial charge >= 0.3 is 17.8 Å². The van der Waals surface area contributed by atoms with E-state index >= 15 is 0 Å². The molecule has 0 saturated heterocycles. The minimum Gasteiger partial charge on any atom is -0.482 e. The molecule has 0 radical (unpaired) electrons. The fourth-order valence-corrected chi connectivity index (χ4v) is 2.86. The van der Waals surface area contributed by atoms with Gasteiger partial charge in [0.15, 0.2) is 6.61 Å². The summed E-state index contributed by atoms with van der Waals surface area (Å²) >= 11 is 5.90. The summed E-state index contributed by atoms with van der Waals surface area (Å²) in [6.07, 6.45) is -5.06. The molecule has 0 fully saturated rings. The van der Waals surface area contributed by atoms with Crippen molar-refractivity contribution in [2.45, 2.75) is 12.6 Å². The van der Waals surface area contributed by atoms with Crippen LogP contribution >= 0.6 is 11.6 Å². The van der Waals surface area contributed by atoms with Crippen molar-refractivity contribution < 1.29 is 36.6 Å². The number of carbonyl (C=O) groups is 2. The van der Waals surface area contributed by atoms with E-state index in [4.69, 9.17) is 16.3 Å². The molecule has 0 spiro atoms. The fourth-order valence-electron chi connectivity index (χ4n) is 2.66. The van der Waals surface area contributed by atoms with Crippen LogP contribution in [0, 0.1) is 5.82 Å². The van der Waals surface area contributed by atoms with Crippen molar-refractivity contribution in [3.63, 3.8) is 0 Å². The number of methoxy groups -OCH3 is 1. The molecule has 1 heterocycles. The van der Waals surface area contributed by atoms with Gasteiger partial charge in [0, 0.05) is 32.8 Å². The number of hydrogen-bond donors (Lipinski definition) is 0. The monoisotopic (exact) mass is 495 g/mol. The van der Waals surface area contributed by atoms with E-state index in [1.807, 2.05) is 0 Å². The Morgan fingerprint density at radius 2 is 1.82 bits per heavy atom. The number of ether oxygens (including phenoxy) is 2. The van der Waals surface area contributed by atoms with Gasteiger partial charge < -0.3 is 14.4 Å². The van der Waals surface area contributed by atoms with Gasteiger partial charge in [-0.1, -0.05) is 11.6 Å². The Morgan fingerprint density at radius 3 is 2.39 bits per heavy atom. The van der Waals surface area contributed by atoms with Crippen LogP contribution in [0.25, 0.3) is 5.69 Å². The molecule has 0 unspecified atom stereocenters. The first-order valence-electron chi connectivity index (χ1n) is 9.11. The summed E-state index contributed by atoms with van der Waals surface area (Å²) in [7, 11) is 3.35. The topological polar surface area (TPSA) is 99.8 Å². The molecule has 0 bridgehead atoms. The van der Waals surface area contributed by atoms with E-state index in [1.165, 1.54) is 14.2 Å². The fraction of sp³-hybridized carbons (Fsp3) is 0.368. The van der Waals surface area contributed by atoms with Crippen LogP contribution in [0.5, 0.6) is 5.75 Å². The van der Waals surface area contributed by atoms with Crippen molar-refractivity contribution in [3.8, 4) is 11.4 Å². The summed E-state index contributed by atoms with van der Waals surface area (Å²) < 4.78 is 63.6. The third kappa shape index (κ3) is 5.92. The standard InChI is InChI=1S/C19H18ClF4N3O6/c1-25(5-4-17(30)32-3)16(29)9-33-13-7-12(11(21)6-10(13)20)27-15(28)8-14(19(22,23)24)26(2)18(27)31/h6-8H,4-5,9H2,1-3H3. The lowest BCUT2D eigenvalue weighted by molar-refractivity contribution is -0.144. The zero-order valence-corrected chi connectivity index (χ0v) is 18.3. The molecule has 180 valence electrons. The summed E-state index contributed by atoms with van der Waals surface area (Å²) in [6, 6.07) is 1.65. The molecule has 1 aromatic carbocycles. The smallest absolute Gasteiger partial charge is 0.431 e. The normalized spacial score (nSPS) is 11.3. The second-order valence-electron chi connectivity index (χ2n) is 6.71. The molecule has 14 heteroatoms. The Kier molecular flexibility index (Phi) is 7.90. The lowest BCUT2D eigenvalue weighted by Gasteiger charge is -2.18. The van der Waals surface area contributed by atoms with Crippen molar-refractivity contribution in [1.29, 1.82) is 0 Å². The number of esters is 1. The maximum Gasteiger partial charge on any atom is 0.431 e. The predicted molar refractivity (Wildman–Crippen MR) is 107 cm³/mol. The molecular weight excluding hydrogens is 478 g/mol. The second-order valence-corrected chi connectivity index (χ2v) is 7.11. The van der Waals surface area contributed by atoms with Gasteiger partial charge in [0.2, 0.25) is 0 Å². The van der Waals surface area contributed by atoms with Gasteiger partial charge in [0.05, 0.1) is 24.2 Å². The molecule has 2 aromatic rings. The third-order valence-corrected chi connectivity index (χ3v) is 4.80. The van der Waals surface area contributed by atoms with Crippen LogP contribution in [0.15, 0.2) is 27.8 Å². The zero-order chi connectivity index (χ0) is 25.1. The van der Waals surface area contributed by atoms with Gasteiger partial charge in [-0.15, -0.1) is 0 Å². The zero-order valence-electron chi connectivity index (χ0n) is 17.5. The first kappa shape index (κ1) is 25.9. The summed E-state index contributed by atoms with van der Waals surface area (Å²) in [6.45, 7) is -0.587. The van der Waals surface area contributed by atoms with E-state index < -0.39 is 53.1 Å². The highest BCUT2D eigenvalue weighted by Gasteiger charge is 2.35. The van der Waals surface area contributed by atoms with Gasteiger partial charge in [0.1, 0.15) is 17.3 Å². The quantitative estimate of drug-likeness (QED) is 0.428. The van der Waals surface area contributed by atoms with E-state index in [2.05, 4.69) is 4.74 Å². The molecule has 1 aromatic heterocycles. The number of carbonyl (C=O) groups excluding carboxylic acids is 2. The number of nitrogens with zero attached hydrogens (tertiary/aromatic N) is 3. The molecule has 0 saturated carbocycles. The maximum absolute atomic E-state index is 14.5. The number of alkyl halides is 3. The van der Waals surface area contributed by atoms with Crippen LogP contribution in [0.3, 0.4) is 0 Å². The van der Waals surface area contributed by atoms with E-state index in [1.54, 1.807) is 0 Å². The Balaban J connectivity index is 2.36. The number of rotatable bonds is 7. The number of benzene rings is 1. The lowest BCUT2D eigenvalue weighted by atomic mass is 10.2. The van der Waals surface area contributed by atoms with E-state index in [9.17, 15) is 36.7 Å². The van der Waals surface area contributed by atoms with Gasteiger partial charge in [-0.2, -0.15) is 13.2 Å². The van der Waals surface area contributed by atoms with Crippen molar-refractivity contribution in [2.75, 3.05) is 27.3 Å². The van der Waals surface area contributed by atoms with Crippen LogP contribution in [0.2, 0.25) is 5.02 Å². The number of likely N-dealkylation sites (N-methyl/N-ethyl adjacent to an activating group) is 1. The van der Waals surface area contributed by atoms with Crippen LogP contribution < -0.4 is 16.0 Å². The number of hydrogen-bond acceptors (Lipinski definition) is 6. The molecule has 0 aliphatic carbocycles. The highest BCUT2D eigenvalue weighted by Crippen LogP contribution is 2.30. The van der Waals surface area contributed by atoms with Crippen LogP contribution in [-0.4, -0.2) is 53.2 Å². The molecule has 0 aliphatic heterocycles. The van der Waals surface area contributed by atoms with E-state index in [0.717, 1.165) is 18.0 Å². The average molecular weight is 496 g/mol. The minimum absolute atomic E-state index is 0.0221. The van der Waals surface area contributed by atoms with E-state index in [0.29, 0.717) is 6.07 Å². The molecule has 9 nitrogen and oxygen atoms in total. The van der Waals surface area contributed by atoms with E-state index in [-0.39, 0.29) is 38.9 Å². The first-order chi connectivity index (χ1) is 15.3. The Bertz CT molecular complexity index is 1190. The number of aromatic nitrogens is 2. The highest BCUT2D eigenvalue weighted by molar-refractivity contribution is 6.32. The lowest BCUT2D eigenvalue weighted by Crippen LogP contribution is -2.41. The number of halogens is 5. The SMILES string of the molecule is COC(=O)CCN(C)C(=O)COc1cc(-n2c(=O)cc(C(F)(F)F)n(C)c2=O)c(F)cc1Cl. The van der Waals surface area contributed by atoms with Crippen molar-refractivity contribution >= 4 is 23.5 Å². The van der Waals surface area contributed by atoms with Gasteiger partial charge in [-0.05, 0) is 6.07 Å². The second kappa shape index (κ2) is 10.1. The highest BCUT2D eigenvalue weighted by atomic mass is 35.5. The van der Waals surface area contributed by atoms with Crippen molar-refractivity contribution in [1.82, 2.24) is 14.0 Å². The van der Waals surface area contributed by atoms with Crippen LogP contribution in [0.1, 0.15) is 12.1 Å². The average Bonchev–Trinajstić information content (AvgIpc) is 2.73. The van der Waals surface area contributed by atoms with Crippen molar-refractivity contribution in [3.05, 3.63) is 55.6 Å². The third-order valence-electron chi connectivity index (χ3n) is 4.51. The number of amides is 1. The van der Waals surface area contributed by atoms with Gasteiger partial charge in [-0.3, -0.25) is 19.0 Å². The predicted octanol–water partition coefficient (Wildman–Crippen LogP) is 1.75. The minimum atomic E-state index is -4.99. The van der Waals surface area contributed by atoms with Crippen LogP contribution in [-0.2, 0) is 27.5 Å². The molecular formula is C19H18ClF4N3O6. The Labute approximate surface area is 188 Å². The Hall–Kier alpha value is -3.35. The summed E-state index contributed by atoms with van der Waals surface area (Å²) in [4.78, 5) is 49.1. The molecule has 0 atom stereocenters. The van der Waals surface area contributed by atoms with Crippen molar-refractivity contribution in [2.24, 2.45) is 7.05 Å². The summed E-state index contributed by atoms with van der Waals surface area (Å²) in [5.74, 6) is -2.63. The largest absolute Gasteiger partial charge is 0.482 e. The molecule has 2 rings (SSSR count). The summed E-state index contributed by atoms with van der Waals surface area (Å²) in [5.41, 5.74) is -5.13. The molecule has 0 N–H and O–H groups in total.